The predicted molar refractivity (Wildman–Crippen MR) is 91.6 cm³/mol. The standard InChI is InChI=1S/C17H20N2O4S/c1-13-8-9-15(23-13)10-11-17(20)18-12-14-6-4-5-7-16(14)24(21,22)19(2)3/h4-11H,12H2,1-3H3,(H,18,20)/b11-10+. The molecule has 0 aliphatic rings. The van der Waals surface area contributed by atoms with E-state index in [1.165, 1.54) is 26.2 Å². The summed E-state index contributed by atoms with van der Waals surface area (Å²) < 4.78 is 31.1. The van der Waals surface area contributed by atoms with Gasteiger partial charge in [-0.05, 0) is 36.8 Å². The molecule has 1 aromatic heterocycles. The number of hydrogen-bond acceptors (Lipinski definition) is 4. The molecule has 24 heavy (non-hydrogen) atoms. The van der Waals surface area contributed by atoms with Crippen LogP contribution in [0, 0.1) is 6.92 Å². The summed E-state index contributed by atoms with van der Waals surface area (Å²) in [6, 6.07) is 10.2. The summed E-state index contributed by atoms with van der Waals surface area (Å²) in [4.78, 5) is 12.1. The van der Waals surface area contributed by atoms with Crippen LogP contribution in [0.5, 0.6) is 0 Å². The summed E-state index contributed by atoms with van der Waals surface area (Å²) in [7, 11) is -0.617. The first-order valence-electron chi connectivity index (χ1n) is 7.33. The highest BCUT2D eigenvalue weighted by molar-refractivity contribution is 7.89. The molecule has 0 bridgehead atoms. The number of nitrogens with one attached hydrogen (secondary N) is 1. The largest absolute Gasteiger partial charge is 0.462 e. The van der Waals surface area contributed by atoms with Crippen LogP contribution in [0.1, 0.15) is 17.1 Å². The van der Waals surface area contributed by atoms with Crippen LogP contribution in [0.15, 0.2) is 51.8 Å². The Kier molecular flexibility index (Phi) is 5.58. The number of furan rings is 1. The normalized spacial score (nSPS) is 12.0. The van der Waals surface area contributed by atoms with Gasteiger partial charge in [0.1, 0.15) is 11.5 Å². The van der Waals surface area contributed by atoms with Gasteiger partial charge in [-0.15, -0.1) is 0 Å². The Labute approximate surface area is 141 Å². The molecule has 0 spiro atoms. The Morgan fingerprint density at radius 3 is 2.54 bits per heavy atom. The number of amides is 1. The van der Waals surface area contributed by atoms with Crippen LogP contribution in [0.2, 0.25) is 0 Å². The van der Waals surface area contributed by atoms with Crippen molar-refractivity contribution in [2.75, 3.05) is 14.1 Å². The van der Waals surface area contributed by atoms with Crippen molar-refractivity contribution in [3.8, 4) is 0 Å². The van der Waals surface area contributed by atoms with Crippen LogP contribution in [0.4, 0.5) is 0 Å². The zero-order valence-electron chi connectivity index (χ0n) is 13.8. The second-order valence-electron chi connectivity index (χ2n) is 5.39. The first-order chi connectivity index (χ1) is 11.3. The SMILES string of the molecule is Cc1ccc(/C=C/C(=O)NCc2ccccc2S(=O)(=O)N(C)C)o1. The van der Waals surface area contributed by atoms with E-state index in [0.717, 1.165) is 10.1 Å². The maximum atomic E-state index is 12.3. The van der Waals surface area contributed by atoms with Gasteiger partial charge in [0.15, 0.2) is 0 Å². The molecule has 128 valence electrons. The molecule has 0 fully saturated rings. The molecule has 0 saturated carbocycles. The smallest absolute Gasteiger partial charge is 0.244 e. The summed E-state index contributed by atoms with van der Waals surface area (Å²) in [6.45, 7) is 1.93. The van der Waals surface area contributed by atoms with Gasteiger partial charge in [-0.1, -0.05) is 18.2 Å². The third-order valence-corrected chi connectivity index (χ3v) is 5.26. The van der Waals surface area contributed by atoms with Crippen molar-refractivity contribution >= 4 is 22.0 Å². The van der Waals surface area contributed by atoms with Gasteiger partial charge < -0.3 is 9.73 Å². The van der Waals surface area contributed by atoms with Crippen molar-refractivity contribution in [2.24, 2.45) is 0 Å². The summed E-state index contributed by atoms with van der Waals surface area (Å²) in [5.74, 6) is 1.01. The van der Waals surface area contributed by atoms with E-state index < -0.39 is 10.0 Å². The fourth-order valence-electron chi connectivity index (χ4n) is 2.04. The Morgan fingerprint density at radius 2 is 1.92 bits per heavy atom. The highest BCUT2D eigenvalue weighted by atomic mass is 32.2. The number of aryl methyl sites for hydroxylation is 1. The lowest BCUT2D eigenvalue weighted by Gasteiger charge is -2.15. The Balaban J connectivity index is 2.07. The lowest BCUT2D eigenvalue weighted by Crippen LogP contribution is -2.26. The molecule has 1 amide bonds. The van der Waals surface area contributed by atoms with Crippen molar-refractivity contribution < 1.29 is 17.6 Å². The number of rotatable bonds is 6. The van der Waals surface area contributed by atoms with Crippen LogP contribution in [-0.4, -0.2) is 32.7 Å². The minimum atomic E-state index is -3.56. The van der Waals surface area contributed by atoms with E-state index >= 15 is 0 Å². The number of nitrogens with zero attached hydrogens (tertiary/aromatic N) is 1. The van der Waals surface area contributed by atoms with Gasteiger partial charge in [0.05, 0.1) is 4.90 Å². The van der Waals surface area contributed by atoms with Crippen molar-refractivity contribution in [1.29, 1.82) is 0 Å². The summed E-state index contributed by atoms with van der Waals surface area (Å²) in [5.41, 5.74) is 0.529. The first kappa shape index (κ1) is 18.0. The average molecular weight is 348 g/mol. The monoisotopic (exact) mass is 348 g/mol. The van der Waals surface area contributed by atoms with Gasteiger partial charge >= 0.3 is 0 Å². The number of carbonyl (C=O) groups excluding carboxylic acids is 1. The van der Waals surface area contributed by atoms with Gasteiger partial charge in [-0.2, -0.15) is 0 Å². The predicted octanol–water partition coefficient (Wildman–Crippen LogP) is 2.17. The maximum Gasteiger partial charge on any atom is 0.244 e. The van der Waals surface area contributed by atoms with Crippen LogP contribution in [0.3, 0.4) is 0 Å². The van der Waals surface area contributed by atoms with E-state index in [1.54, 1.807) is 36.4 Å². The summed E-state index contributed by atoms with van der Waals surface area (Å²) in [6.07, 6.45) is 2.91. The minimum Gasteiger partial charge on any atom is -0.462 e. The number of benzene rings is 1. The molecule has 1 heterocycles. The number of sulfonamides is 1. The van der Waals surface area contributed by atoms with Crippen LogP contribution in [0.25, 0.3) is 6.08 Å². The molecule has 0 radical (unpaired) electrons. The van der Waals surface area contributed by atoms with E-state index in [-0.39, 0.29) is 17.3 Å². The van der Waals surface area contributed by atoms with Crippen molar-refractivity contribution in [3.63, 3.8) is 0 Å². The second kappa shape index (κ2) is 7.46. The molecule has 1 aromatic carbocycles. The van der Waals surface area contributed by atoms with Gasteiger partial charge in [0.2, 0.25) is 15.9 Å². The zero-order chi connectivity index (χ0) is 17.7. The summed E-state index contributed by atoms with van der Waals surface area (Å²) >= 11 is 0. The maximum absolute atomic E-state index is 12.3. The number of hydrogen-bond donors (Lipinski definition) is 1. The lowest BCUT2D eigenvalue weighted by molar-refractivity contribution is -0.116. The van der Waals surface area contributed by atoms with E-state index in [4.69, 9.17) is 4.42 Å². The average Bonchev–Trinajstić information content (AvgIpc) is 2.96. The topological polar surface area (TPSA) is 79.6 Å². The van der Waals surface area contributed by atoms with Crippen molar-refractivity contribution in [2.45, 2.75) is 18.4 Å². The van der Waals surface area contributed by atoms with Crippen molar-refractivity contribution in [1.82, 2.24) is 9.62 Å². The quantitative estimate of drug-likeness (QED) is 0.812. The molecule has 7 heteroatoms. The van der Waals surface area contributed by atoms with E-state index in [9.17, 15) is 13.2 Å². The fraction of sp³-hybridized carbons (Fsp3) is 0.235. The Hall–Kier alpha value is -2.38. The lowest BCUT2D eigenvalue weighted by atomic mass is 10.2. The molecule has 1 N–H and O–H groups in total. The van der Waals surface area contributed by atoms with E-state index in [0.29, 0.717) is 11.3 Å². The zero-order valence-corrected chi connectivity index (χ0v) is 14.6. The summed E-state index contributed by atoms with van der Waals surface area (Å²) in [5, 5.41) is 2.68. The highest BCUT2D eigenvalue weighted by Gasteiger charge is 2.20. The molecule has 0 atom stereocenters. The van der Waals surface area contributed by atoms with Crippen LogP contribution in [-0.2, 0) is 21.4 Å². The van der Waals surface area contributed by atoms with Crippen LogP contribution >= 0.6 is 0 Å². The van der Waals surface area contributed by atoms with E-state index in [1.807, 2.05) is 6.92 Å². The van der Waals surface area contributed by atoms with Gasteiger partial charge in [0.25, 0.3) is 0 Å². The fourth-order valence-corrected chi connectivity index (χ4v) is 3.16. The highest BCUT2D eigenvalue weighted by Crippen LogP contribution is 2.18. The van der Waals surface area contributed by atoms with Crippen molar-refractivity contribution in [3.05, 3.63) is 59.6 Å². The third-order valence-electron chi connectivity index (χ3n) is 3.34. The molecule has 2 aromatic rings. The van der Waals surface area contributed by atoms with Gasteiger partial charge in [-0.25, -0.2) is 12.7 Å². The molecule has 0 saturated heterocycles. The molecule has 0 unspecified atom stereocenters. The second-order valence-corrected chi connectivity index (χ2v) is 7.51. The minimum absolute atomic E-state index is 0.115. The number of carbonyl (C=O) groups is 1. The van der Waals surface area contributed by atoms with Gasteiger partial charge in [0, 0.05) is 26.7 Å². The Bertz CT molecular complexity index is 851. The van der Waals surface area contributed by atoms with Gasteiger partial charge in [-0.3, -0.25) is 4.79 Å². The molecular weight excluding hydrogens is 328 g/mol. The Morgan fingerprint density at radius 1 is 1.21 bits per heavy atom. The molecule has 6 nitrogen and oxygen atoms in total. The molecule has 2 rings (SSSR count). The first-order valence-corrected chi connectivity index (χ1v) is 8.77. The molecule has 0 aliphatic heterocycles. The molecular formula is C17H20N2O4S. The van der Waals surface area contributed by atoms with E-state index in [2.05, 4.69) is 5.32 Å². The van der Waals surface area contributed by atoms with Crippen LogP contribution < -0.4 is 5.32 Å². The third kappa shape index (κ3) is 4.33. The molecule has 0 aliphatic carbocycles.